The quantitative estimate of drug-likeness (QED) is 0.156. The molecule has 262 valence electrons. The van der Waals surface area contributed by atoms with E-state index in [1.54, 1.807) is 0 Å². The van der Waals surface area contributed by atoms with Crippen LogP contribution in [0.15, 0.2) is 218 Å². The zero-order chi connectivity index (χ0) is 37.0. The van der Waals surface area contributed by atoms with Gasteiger partial charge < -0.3 is 9.47 Å². The first kappa shape index (κ1) is 32.0. The van der Waals surface area contributed by atoms with Crippen LogP contribution < -0.4 is 4.90 Å². The van der Waals surface area contributed by atoms with Crippen molar-refractivity contribution in [2.24, 2.45) is 0 Å². The number of nitrogens with zero attached hydrogens (tertiary/aromatic N) is 2. The molecule has 0 aliphatic carbocycles. The van der Waals surface area contributed by atoms with Crippen molar-refractivity contribution < 1.29 is 0 Å². The molecule has 56 heavy (non-hydrogen) atoms. The van der Waals surface area contributed by atoms with Crippen molar-refractivity contribution in [3.63, 3.8) is 0 Å². The molecule has 0 spiro atoms. The SMILES string of the molecule is c1ccc(-c2ccccc2N(c2ccc(-c3ccccc3-n3c4ccccc4c4c5ccccc5ccc43)cc2)c2cc3ccccc3c3ccccc23)cc1. The van der Waals surface area contributed by atoms with Gasteiger partial charge in [-0.15, -0.1) is 0 Å². The molecule has 1 heterocycles. The number of para-hydroxylation sites is 3. The first-order valence-corrected chi connectivity index (χ1v) is 19.3. The molecule has 10 aromatic carbocycles. The van der Waals surface area contributed by atoms with E-state index in [1.165, 1.54) is 70.8 Å². The molecule has 1 aromatic heterocycles. The Morgan fingerprint density at radius 2 is 0.911 bits per heavy atom. The zero-order valence-corrected chi connectivity index (χ0v) is 30.7. The third-order valence-electron chi connectivity index (χ3n) is 11.4. The van der Waals surface area contributed by atoms with Gasteiger partial charge in [-0.3, -0.25) is 0 Å². The summed E-state index contributed by atoms with van der Waals surface area (Å²) in [6.45, 7) is 0. The third-order valence-corrected chi connectivity index (χ3v) is 11.4. The van der Waals surface area contributed by atoms with Crippen molar-refractivity contribution in [1.82, 2.24) is 4.57 Å². The van der Waals surface area contributed by atoms with Crippen LogP contribution in [0, 0.1) is 0 Å². The van der Waals surface area contributed by atoms with Crippen LogP contribution in [-0.2, 0) is 0 Å². The maximum absolute atomic E-state index is 2.45. The van der Waals surface area contributed by atoms with Crippen LogP contribution in [0.3, 0.4) is 0 Å². The predicted molar refractivity (Wildman–Crippen MR) is 239 cm³/mol. The van der Waals surface area contributed by atoms with Gasteiger partial charge >= 0.3 is 0 Å². The molecular weight excluding hydrogens is 677 g/mol. The van der Waals surface area contributed by atoms with E-state index in [-0.39, 0.29) is 0 Å². The highest BCUT2D eigenvalue weighted by Crippen LogP contribution is 2.46. The Hall–Kier alpha value is -7.42. The molecule has 2 nitrogen and oxygen atoms in total. The van der Waals surface area contributed by atoms with E-state index < -0.39 is 0 Å². The molecule has 0 saturated carbocycles. The minimum atomic E-state index is 1.10. The van der Waals surface area contributed by atoms with Gasteiger partial charge in [0.05, 0.1) is 28.1 Å². The van der Waals surface area contributed by atoms with Gasteiger partial charge in [-0.25, -0.2) is 0 Å². The first-order valence-electron chi connectivity index (χ1n) is 19.3. The molecule has 11 aromatic rings. The highest BCUT2D eigenvalue weighted by molar-refractivity contribution is 6.21. The smallest absolute Gasteiger partial charge is 0.0547 e. The van der Waals surface area contributed by atoms with Crippen LogP contribution in [0.2, 0.25) is 0 Å². The van der Waals surface area contributed by atoms with Crippen molar-refractivity contribution in [3.05, 3.63) is 218 Å². The summed E-state index contributed by atoms with van der Waals surface area (Å²) in [5, 5.41) is 10.0. The number of fused-ring (bicyclic) bond motifs is 8. The maximum atomic E-state index is 2.45. The zero-order valence-electron chi connectivity index (χ0n) is 30.7. The van der Waals surface area contributed by atoms with E-state index in [1.807, 2.05) is 0 Å². The van der Waals surface area contributed by atoms with Gasteiger partial charge in [-0.1, -0.05) is 176 Å². The van der Waals surface area contributed by atoms with Gasteiger partial charge in [-0.2, -0.15) is 0 Å². The summed E-state index contributed by atoms with van der Waals surface area (Å²) in [5.74, 6) is 0. The number of aromatic nitrogens is 1. The third kappa shape index (κ3) is 5.11. The summed E-state index contributed by atoms with van der Waals surface area (Å²) in [6.07, 6.45) is 0. The number of rotatable bonds is 6. The van der Waals surface area contributed by atoms with Crippen LogP contribution in [-0.4, -0.2) is 4.57 Å². The summed E-state index contributed by atoms with van der Waals surface area (Å²) in [6, 6.07) is 79.4. The average molecular weight is 713 g/mol. The minimum absolute atomic E-state index is 1.10. The van der Waals surface area contributed by atoms with Crippen LogP contribution >= 0.6 is 0 Å². The van der Waals surface area contributed by atoms with E-state index in [0.29, 0.717) is 0 Å². The van der Waals surface area contributed by atoms with Crippen LogP contribution in [0.4, 0.5) is 17.1 Å². The van der Waals surface area contributed by atoms with Crippen molar-refractivity contribution >= 4 is 71.2 Å². The summed E-state index contributed by atoms with van der Waals surface area (Å²) >= 11 is 0. The number of benzene rings is 10. The fourth-order valence-electron chi connectivity index (χ4n) is 8.86. The van der Waals surface area contributed by atoms with Crippen LogP contribution in [0.5, 0.6) is 0 Å². The molecule has 0 radical (unpaired) electrons. The van der Waals surface area contributed by atoms with Gasteiger partial charge in [-0.05, 0) is 80.5 Å². The van der Waals surface area contributed by atoms with Gasteiger partial charge in [0, 0.05) is 33.0 Å². The minimum Gasteiger partial charge on any atom is -0.309 e. The first-order chi connectivity index (χ1) is 27.8. The van der Waals surface area contributed by atoms with Crippen molar-refractivity contribution in [3.8, 4) is 27.9 Å². The van der Waals surface area contributed by atoms with Gasteiger partial charge in [0.15, 0.2) is 0 Å². The summed E-state index contributed by atoms with van der Waals surface area (Å²) in [4.78, 5) is 2.45. The number of hydrogen-bond donors (Lipinski definition) is 0. The second-order valence-corrected chi connectivity index (χ2v) is 14.5. The molecule has 0 saturated heterocycles. The molecule has 0 fully saturated rings. The van der Waals surface area contributed by atoms with Crippen molar-refractivity contribution in [1.29, 1.82) is 0 Å². The van der Waals surface area contributed by atoms with E-state index in [0.717, 1.165) is 28.3 Å². The highest BCUT2D eigenvalue weighted by atomic mass is 15.1. The maximum Gasteiger partial charge on any atom is 0.0547 e. The number of hydrogen-bond acceptors (Lipinski definition) is 1. The number of anilines is 3. The van der Waals surface area contributed by atoms with Crippen LogP contribution in [0.1, 0.15) is 0 Å². The Bertz CT molecular complexity index is 3250. The lowest BCUT2D eigenvalue weighted by Gasteiger charge is -2.30. The lowest BCUT2D eigenvalue weighted by atomic mass is 9.97. The lowest BCUT2D eigenvalue weighted by Crippen LogP contribution is -2.12. The van der Waals surface area contributed by atoms with Crippen molar-refractivity contribution in [2.45, 2.75) is 0 Å². The Morgan fingerprint density at radius 1 is 0.321 bits per heavy atom. The van der Waals surface area contributed by atoms with Crippen molar-refractivity contribution in [2.75, 3.05) is 4.90 Å². The topological polar surface area (TPSA) is 8.17 Å². The molecule has 0 atom stereocenters. The standard InChI is InChI=1S/C54H36N2/c1-2-16-37(17-3-1)43-21-10-13-27-49(43)55(53-36-40-19-5-6-20-42(40)46-24-8-9-25-47(46)53)41-33-30-39(31-34-41)44-22-11-14-28-50(44)56-51-29-15-12-26-48(51)54-45-23-7-4-18-38(45)32-35-52(54)56/h1-36H. The molecule has 0 unspecified atom stereocenters. The summed E-state index contributed by atoms with van der Waals surface area (Å²) in [7, 11) is 0. The largest absolute Gasteiger partial charge is 0.309 e. The van der Waals surface area contributed by atoms with E-state index >= 15 is 0 Å². The molecule has 0 aliphatic heterocycles. The Morgan fingerprint density at radius 3 is 1.73 bits per heavy atom. The molecule has 11 rings (SSSR count). The Kier molecular flexibility index (Phi) is 7.53. The predicted octanol–water partition coefficient (Wildman–Crippen LogP) is 15.0. The van der Waals surface area contributed by atoms with E-state index in [9.17, 15) is 0 Å². The average Bonchev–Trinajstić information content (AvgIpc) is 3.62. The molecule has 0 bridgehead atoms. The second-order valence-electron chi connectivity index (χ2n) is 14.5. The fraction of sp³-hybridized carbons (Fsp3) is 0. The van der Waals surface area contributed by atoms with E-state index in [2.05, 4.69) is 228 Å². The van der Waals surface area contributed by atoms with Gasteiger partial charge in [0.2, 0.25) is 0 Å². The molecule has 2 heteroatoms. The van der Waals surface area contributed by atoms with Crippen LogP contribution in [0.25, 0.3) is 82.1 Å². The lowest BCUT2D eigenvalue weighted by molar-refractivity contribution is 1.18. The van der Waals surface area contributed by atoms with Gasteiger partial charge in [0.25, 0.3) is 0 Å². The summed E-state index contributed by atoms with van der Waals surface area (Å²) < 4.78 is 2.45. The Balaban J connectivity index is 1.12. The second kappa shape index (κ2) is 13.2. The summed E-state index contributed by atoms with van der Waals surface area (Å²) in [5.41, 5.74) is 11.7. The van der Waals surface area contributed by atoms with E-state index in [4.69, 9.17) is 0 Å². The highest BCUT2D eigenvalue weighted by Gasteiger charge is 2.22. The molecule has 0 N–H and O–H groups in total. The molecule has 0 amide bonds. The normalized spacial score (nSPS) is 11.6. The molecule has 0 aliphatic rings. The van der Waals surface area contributed by atoms with Gasteiger partial charge in [0.1, 0.15) is 0 Å². The molecular formula is C54H36N2. The Labute approximate surface area is 325 Å². The monoisotopic (exact) mass is 712 g/mol. The fourth-order valence-corrected chi connectivity index (χ4v) is 8.86.